The standard InChI is InChI=1S/C19H18FNOS/c1-23-10-2-9-19(16-4-6-17(20)7-5-16)18-8-3-14(12-21)11-15(18)13-22-19/h3-8,11H,2,9-10,13H2,1H3. The monoisotopic (exact) mass is 327 g/mol. The minimum atomic E-state index is -0.535. The number of benzene rings is 2. The van der Waals surface area contributed by atoms with E-state index in [4.69, 9.17) is 10.00 Å². The van der Waals surface area contributed by atoms with Crippen molar-refractivity contribution in [1.82, 2.24) is 0 Å². The van der Waals surface area contributed by atoms with E-state index >= 15 is 0 Å². The molecule has 4 heteroatoms. The Kier molecular flexibility index (Phi) is 4.70. The van der Waals surface area contributed by atoms with Crippen LogP contribution in [0.15, 0.2) is 42.5 Å². The highest BCUT2D eigenvalue weighted by molar-refractivity contribution is 7.98. The molecule has 0 bridgehead atoms. The van der Waals surface area contributed by atoms with E-state index < -0.39 is 5.60 Å². The van der Waals surface area contributed by atoms with Crippen LogP contribution in [0.2, 0.25) is 0 Å². The van der Waals surface area contributed by atoms with Crippen molar-refractivity contribution >= 4 is 11.8 Å². The number of rotatable bonds is 5. The molecule has 0 aromatic heterocycles. The summed E-state index contributed by atoms with van der Waals surface area (Å²) in [7, 11) is 0. The van der Waals surface area contributed by atoms with Gasteiger partial charge in [-0.2, -0.15) is 17.0 Å². The highest BCUT2D eigenvalue weighted by Gasteiger charge is 2.41. The molecule has 0 radical (unpaired) electrons. The average Bonchev–Trinajstić information content (AvgIpc) is 2.95. The van der Waals surface area contributed by atoms with Crippen molar-refractivity contribution in [2.45, 2.75) is 25.0 Å². The summed E-state index contributed by atoms with van der Waals surface area (Å²) in [6.45, 7) is 0.488. The Morgan fingerprint density at radius 3 is 2.74 bits per heavy atom. The van der Waals surface area contributed by atoms with Gasteiger partial charge in [0.25, 0.3) is 0 Å². The zero-order valence-electron chi connectivity index (χ0n) is 13.0. The molecule has 2 aromatic rings. The molecule has 1 unspecified atom stereocenters. The van der Waals surface area contributed by atoms with Crippen LogP contribution in [-0.4, -0.2) is 12.0 Å². The van der Waals surface area contributed by atoms with Gasteiger partial charge in [0.1, 0.15) is 11.4 Å². The molecule has 118 valence electrons. The van der Waals surface area contributed by atoms with Crippen LogP contribution in [0.5, 0.6) is 0 Å². The topological polar surface area (TPSA) is 33.0 Å². The number of ether oxygens (including phenoxy) is 1. The predicted molar refractivity (Wildman–Crippen MR) is 90.7 cm³/mol. The molecule has 2 aromatic carbocycles. The Morgan fingerprint density at radius 2 is 2.04 bits per heavy atom. The molecule has 0 saturated heterocycles. The van der Waals surface area contributed by atoms with E-state index in [0.717, 1.165) is 35.3 Å². The number of hydrogen-bond donors (Lipinski definition) is 0. The summed E-state index contributed by atoms with van der Waals surface area (Å²) < 4.78 is 19.6. The summed E-state index contributed by atoms with van der Waals surface area (Å²) in [4.78, 5) is 0. The van der Waals surface area contributed by atoms with Crippen molar-refractivity contribution in [3.8, 4) is 6.07 Å². The summed E-state index contributed by atoms with van der Waals surface area (Å²) in [5.41, 5.74) is 3.24. The van der Waals surface area contributed by atoms with E-state index in [9.17, 15) is 4.39 Å². The first kappa shape index (κ1) is 16.0. The van der Waals surface area contributed by atoms with E-state index in [2.05, 4.69) is 12.3 Å². The number of nitriles is 1. The fourth-order valence-electron chi connectivity index (χ4n) is 3.23. The Labute approximate surface area is 140 Å². The lowest BCUT2D eigenvalue weighted by Gasteiger charge is -2.30. The Balaban J connectivity index is 2.05. The third kappa shape index (κ3) is 2.99. The second-order valence-corrected chi connectivity index (χ2v) is 6.69. The van der Waals surface area contributed by atoms with Crippen molar-refractivity contribution in [3.05, 3.63) is 70.5 Å². The second-order valence-electron chi connectivity index (χ2n) is 5.70. The number of fused-ring (bicyclic) bond motifs is 1. The lowest BCUT2D eigenvalue weighted by Crippen LogP contribution is -2.27. The molecule has 1 atom stereocenters. The molecule has 0 saturated carbocycles. The Morgan fingerprint density at radius 1 is 1.26 bits per heavy atom. The third-order valence-electron chi connectivity index (χ3n) is 4.33. The van der Waals surface area contributed by atoms with E-state index in [1.165, 1.54) is 12.1 Å². The minimum absolute atomic E-state index is 0.244. The maximum Gasteiger partial charge on any atom is 0.123 e. The molecule has 23 heavy (non-hydrogen) atoms. The van der Waals surface area contributed by atoms with Crippen LogP contribution in [0.4, 0.5) is 4.39 Å². The molecular weight excluding hydrogens is 309 g/mol. The van der Waals surface area contributed by atoms with Gasteiger partial charge in [0, 0.05) is 0 Å². The van der Waals surface area contributed by atoms with Crippen LogP contribution < -0.4 is 0 Å². The molecule has 0 spiro atoms. The third-order valence-corrected chi connectivity index (χ3v) is 5.03. The predicted octanol–water partition coefficient (Wildman–Crippen LogP) is 4.61. The molecule has 3 rings (SSSR count). The first-order valence-corrected chi connectivity index (χ1v) is 9.01. The molecule has 2 nitrogen and oxygen atoms in total. The molecule has 0 N–H and O–H groups in total. The summed E-state index contributed by atoms with van der Waals surface area (Å²) in [5, 5.41) is 9.08. The van der Waals surface area contributed by atoms with Gasteiger partial charge in [0.2, 0.25) is 0 Å². The maximum absolute atomic E-state index is 13.3. The summed E-state index contributed by atoms with van der Waals surface area (Å²) >= 11 is 1.81. The fourth-order valence-corrected chi connectivity index (χ4v) is 3.66. The van der Waals surface area contributed by atoms with E-state index in [1.807, 2.05) is 42.1 Å². The van der Waals surface area contributed by atoms with Crippen LogP contribution in [0.3, 0.4) is 0 Å². The largest absolute Gasteiger partial charge is 0.361 e. The van der Waals surface area contributed by atoms with Crippen molar-refractivity contribution in [2.24, 2.45) is 0 Å². The lowest BCUT2D eigenvalue weighted by atomic mass is 9.82. The lowest BCUT2D eigenvalue weighted by molar-refractivity contribution is -0.0119. The molecule has 0 amide bonds. The highest BCUT2D eigenvalue weighted by atomic mass is 32.2. The van der Waals surface area contributed by atoms with E-state index in [1.54, 1.807) is 0 Å². The van der Waals surface area contributed by atoms with Gasteiger partial charge in [-0.1, -0.05) is 18.2 Å². The molecule has 1 aliphatic rings. The first-order chi connectivity index (χ1) is 11.2. The second kappa shape index (κ2) is 6.74. The molecule has 1 heterocycles. The molecule has 1 aliphatic heterocycles. The number of hydrogen-bond acceptors (Lipinski definition) is 3. The average molecular weight is 327 g/mol. The molecule has 0 fully saturated rings. The van der Waals surface area contributed by atoms with Crippen LogP contribution in [-0.2, 0) is 16.9 Å². The minimum Gasteiger partial charge on any atom is -0.361 e. The van der Waals surface area contributed by atoms with Crippen molar-refractivity contribution in [3.63, 3.8) is 0 Å². The van der Waals surface area contributed by atoms with Crippen molar-refractivity contribution < 1.29 is 9.13 Å². The number of thioether (sulfide) groups is 1. The fraction of sp³-hybridized carbons (Fsp3) is 0.316. The van der Waals surface area contributed by atoms with Crippen molar-refractivity contribution in [2.75, 3.05) is 12.0 Å². The van der Waals surface area contributed by atoms with Crippen LogP contribution in [0.25, 0.3) is 0 Å². The van der Waals surface area contributed by atoms with Gasteiger partial charge < -0.3 is 4.74 Å². The summed E-state index contributed by atoms with van der Waals surface area (Å²) in [5.74, 6) is 0.809. The highest BCUT2D eigenvalue weighted by Crippen LogP contribution is 2.45. The Bertz CT molecular complexity index is 738. The van der Waals surface area contributed by atoms with Crippen molar-refractivity contribution in [1.29, 1.82) is 5.26 Å². The SMILES string of the molecule is CSCCCC1(c2ccc(F)cc2)OCc2cc(C#N)ccc21. The van der Waals surface area contributed by atoms with Crippen LogP contribution in [0, 0.1) is 17.1 Å². The van der Waals surface area contributed by atoms with Gasteiger partial charge >= 0.3 is 0 Å². The van der Waals surface area contributed by atoms with E-state index in [0.29, 0.717) is 12.2 Å². The first-order valence-electron chi connectivity index (χ1n) is 7.62. The molecule has 0 aliphatic carbocycles. The van der Waals surface area contributed by atoms with Gasteiger partial charge in [-0.25, -0.2) is 4.39 Å². The van der Waals surface area contributed by atoms with Gasteiger partial charge in [-0.05, 0) is 65.8 Å². The van der Waals surface area contributed by atoms with Crippen LogP contribution >= 0.6 is 11.8 Å². The van der Waals surface area contributed by atoms with Gasteiger partial charge in [0.05, 0.1) is 18.2 Å². The zero-order chi connectivity index (χ0) is 16.3. The Hall–Kier alpha value is -1.83. The van der Waals surface area contributed by atoms with E-state index in [-0.39, 0.29) is 5.82 Å². The molecular formula is C19H18FNOS. The van der Waals surface area contributed by atoms with Gasteiger partial charge in [-0.3, -0.25) is 0 Å². The number of nitrogens with zero attached hydrogens (tertiary/aromatic N) is 1. The quantitative estimate of drug-likeness (QED) is 0.752. The van der Waals surface area contributed by atoms with Crippen LogP contribution in [0.1, 0.15) is 35.1 Å². The zero-order valence-corrected chi connectivity index (χ0v) is 13.8. The summed E-state index contributed by atoms with van der Waals surface area (Å²) in [6.07, 6.45) is 3.95. The summed E-state index contributed by atoms with van der Waals surface area (Å²) in [6, 6.07) is 14.5. The van der Waals surface area contributed by atoms with Gasteiger partial charge in [0.15, 0.2) is 0 Å². The number of halogens is 1. The smallest absolute Gasteiger partial charge is 0.123 e. The van der Waals surface area contributed by atoms with Gasteiger partial charge in [-0.15, -0.1) is 0 Å². The maximum atomic E-state index is 13.3. The normalized spacial score (nSPS) is 19.3.